The molecule has 1 heterocycles. The Morgan fingerprint density at radius 1 is 1.00 bits per heavy atom. The lowest BCUT2D eigenvalue weighted by atomic mass is 9.93. The Labute approximate surface area is 123 Å². The van der Waals surface area contributed by atoms with Gasteiger partial charge in [-0.25, -0.2) is 0 Å². The van der Waals surface area contributed by atoms with Crippen LogP contribution in [-0.2, 0) is 0 Å². The standard InChI is InChI=1S/C17H31NS/c1-12(2)10-15(11-13(3)4)18-17(14(5)6)16-8-7-9-19-16/h7-9,12-15,17-18H,10-11H2,1-6H3. The summed E-state index contributed by atoms with van der Waals surface area (Å²) in [6.45, 7) is 13.9. The average Bonchev–Trinajstić information content (AvgIpc) is 2.76. The lowest BCUT2D eigenvalue weighted by Crippen LogP contribution is -2.37. The maximum Gasteiger partial charge on any atom is 0.0440 e. The number of hydrogen-bond acceptors (Lipinski definition) is 2. The summed E-state index contributed by atoms with van der Waals surface area (Å²) >= 11 is 1.88. The van der Waals surface area contributed by atoms with E-state index >= 15 is 0 Å². The van der Waals surface area contributed by atoms with Crippen LogP contribution in [0.4, 0.5) is 0 Å². The number of nitrogens with one attached hydrogen (secondary N) is 1. The molecule has 1 atom stereocenters. The van der Waals surface area contributed by atoms with E-state index in [2.05, 4.69) is 64.4 Å². The zero-order valence-corrected chi connectivity index (χ0v) is 14.3. The molecule has 1 rings (SSSR count). The Kier molecular flexibility index (Phi) is 7.09. The second-order valence-corrected chi connectivity index (χ2v) is 7.84. The van der Waals surface area contributed by atoms with Crippen LogP contribution in [0.25, 0.3) is 0 Å². The Morgan fingerprint density at radius 2 is 1.58 bits per heavy atom. The fraction of sp³-hybridized carbons (Fsp3) is 0.765. The molecule has 1 unspecified atom stereocenters. The molecule has 0 radical (unpaired) electrons. The van der Waals surface area contributed by atoms with Crippen molar-refractivity contribution in [2.24, 2.45) is 17.8 Å². The van der Waals surface area contributed by atoms with Gasteiger partial charge < -0.3 is 5.32 Å². The summed E-state index contributed by atoms with van der Waals surface area (Å²) in [6.07, 6.45) is 2.54. The monoisotopic (exact) mass is 281 g/mol. The average molecular weight is 282 g/mol. The van der Waals surface area contributed by atoms with Crippen LogP contribution in [0.2, 0.25) is 0 Å². The molecule has 0 aliphatic rings. The summed E-state index contributed by atoms with van der Waals surface area (Å²) in [5.74, 6) is 2.15. The first-order chi connectivity index (χ1) is 8.90. The summed E-state index contributed by atoms with van der Waals surface area (Å²) in [7, 11) is 0. The minimum absolute atomic E-state index is 0.502. The van der Waals surface area contributed by atoms with E-state index in [-0.39, 0.29) is 0 Å². The molecule has 19 heavy (non-hydrogen) atoms. The van der Waals surface area contributed by atoms with Gasteiger partial charge in [-0.2, -0.15) is 0 Å². The van der Waals surface area contributed by atoms with Crippen molar-refractivity contribution in [2.75, 3.05) is 0 Å². The second kappa shape index (κ2) is 8.06. The first-order valence-corrected chi connectivity index (χ1v) is 8.57. The third-order valence-electron chi connectivity index (χ3n) is 3.44. The Hall–Kier alpha value is -0.340. The van der Waals surface area contributed by atoms with Gasteiger partial charge in [-0.1, -0.05) is 47.6 Å². The second-order valence-electron chi connectivity index (χ2n) is 6.86. The molecule has 0 aromatic carbocycles. The van der Waals surface area contributed by atoms with Crippen LogP contribution in [-0.4, -0.2) is 6.04 Å². The molecule has 1 nitrogen and oxygen atoms in total. The minimum atomic E-state index is 0.502. The van der Waals surface area contributed by atoms with Gasteiger partial charge in [0.25, 0.3) is 0 Å². The fourth-order valence-corrected chi connectivity index (χ4v) is 3.65. The topological polar surface area (TPSA) is 12.0 Å². The van der Waals surface area contributed by atoms with E-state index in [0.717, 1.165) is 11.8 Å². The van der Waals surface area contributed by atoms with Gasteiger partial charge in [0, 0.05) is 17.0 Å². The molecule has 0 amide bonds. The summed E-state index contributed by atoms with van der Waals surface area (Å²) < 4.78 is 0. The van der Waals surface area contributed by atoms with Gasteiger partial charge in [-0.05, 0) is 42.0 Å². The molecule has 0 spiro atoms. The van der Waals surface area contributed by atoms with Crippen molar-refractivity contribution in [3.8, 4) is 0 Å². The molecular formula is C17H31NS. The largest absolute Gasteiger partial charge is 0.306 e. The van der Waals surface area contributed by atoms with E-state index in [1.807, 2.05) is 11.3 Å². The van der Waals surface area contributed by atoms with Crippen molar-refractivity contribution < 1.29 is 0 Å². The predicted octanol–water partition coefficient (Wildman–Crippen LogP) is 5.50. The lowest BCUT2D eigenvalue weighted by molar-refractivity contribution is 0.295. The van der Waals surface area contributed by atoms with E-state index in [4.69, 9.17) is 0 Å². The first-order valence-electron chi connectivity index (χ1n) is 7.69. The van der Waals surface area contributed by atoms with Crippen molar-refractivity contribution in [1.82, 2.24) is 5.32 Å². The molecule has 0 aliphatic heterocycles. The van der Waals surface area contributed by atoms with Crippen molar-refractivity contribution in [1.29, 1.82) is 0 Å². The Morgan fingerprint density at radius 3 is 1.95 bits per heavy atom. The molecule has 0 aliphatic carbocycles. The highest BCUT2D eigenvalue weighted by Crippen LogP contribution is 2.28. The van der Waals surface area contributed by atoms with Gasteiger partial charge in [0.05, 0.1) is 0 Å². The maximum absolute atomic E-state index is 3.93. The van der Waals surface area contributed by atoms with Gasteiger partial charge in [0.2, 0.25) is 0 Å². The molecule has 1 aromatic heterocycles. The molecule has 0 saturated heterocycles. The van der Waals surface area contributed by atoms with Crippen molar-refractivity contribution in [3.05, 3.63) is 22.4 Å². The van der Waals surface area contributed by atoms with Crippen molar-refractivity contribution in [3.63, 3.8) is 0 Å². The number of thiophene rings is 1. The van der Waals surface area contributed by atoms with Crippen LogP contribution in [0, 0.1) is 17.8 Å². The molecule has 0 bridgehead atoms. The molecule has 1 aromatic rings. The van der Waals surface area contributed by atoms with E-state index in [9.17, 15) is 0 Å². The quantitative estimate of drug-likeness (QED) is 0.664. The van der Waals surface area contributed by atoms with Crippen molar-refractivity contribution in [2.45, 2.75) is 66.5 Å². The third-order valence-corrected chi connectivity index (χ3v) is 4.40. The van der Waals surface area contributed by atoms with E-state index < -0.39 is 0 Å². The number of hydrogen-bond donors (Lipinski definition) is 1. The smallest absolute Gasteiger partial charge is 0.0440 e. The zero-order chi connectivity index (χ0) is 14.4. The molecule has 1 N–H and O–H groups in total. The van der Waals surface area contributed by atoms with Crippen LogP contribution in [0.3, 0.4) is 0 Å². The van der Waals surface area contributed by atoms with E-state index in [0.29, 0.717) is 18.0 Å². The first kappa shape index (κ1) is 16.7. The highest BCUT2D eigenvalue weighted by atomic mass is 32.1. The lowest BCUT2D eigenvalue weighted by Gasteiger charge is -2.30. The summed E-state index contributed by atoms with van der Waals surface area (Å²) in [4.78, 5) is 1.48. The molecular weight excluding hydrogens is 250 g/mol. The maximum atomic E-state index is 3.93. The van der Waals surface area contributed by atoms with Crippen LogP contribution in [0.15, 0.2) is 17.5 Å². The number of rotatable bonds is 8. The molecule has 0 saturated carbocycles. The van der Waals surface area contributed by atoms with Crippen LogP contribution in [0.5, 0.6) is 0 Å². The highest BCUT2D eigenvalue weighted by Gasteiger charge is 2.22. The summed E-state index contributed by atoms with van der Waals surface area (Å²) in [6, 6.07) is 5.57. The van der Waals surface area contributed by atoms with E-state index in [1.165, 1.54) is 17.7 Å². The minimum Gasteiger partial charge on any atom is -0.306 e. The van der Waals surface area contributed by atoms with Crippen molar-refractivity contribution >= 4 is 11.3 Å². The Balaban J connectivity index is 2.72. The van der Waals surface area contributed by atoms with Gasteiger partial charge in [-0.3, -0.25) is 0 Å². The molecule has 2 heteroatoms. The third kappa shape index (κ3) is 6.09. The normalized spacial score (nSPS) is 14.0. The van der Waals surface area contributed by atoms with Crippen LogP contribution < -0.4 is 5.32 Å². The fourth-order valence-electron chi connectivity index (χ4n) is 2.70. The van der Waals surface area contributed by atoms with E-state index in [1.54, 1.807) is 0 Å². The SMILES string of the molecule is CC(C)CC(CC(C)C)NC(c1cccs1)C(C)C. The van der Waals surface area contributed by atoms with Gasteiger partial charge in [0.15, 0.2) is 0 Å². The van der Waals surface area contributed by atoms with Gasteiger partial charge >= 0.3 is 0 Å². The predicted molar refractivity (Wildman–Crippen MR) is 87.7 cm³/mol. The molecule has 110 valence electrons. The summed E-state index contributed by atoms with van der Waals surface area (Å²) in [5, 5.41) is 6.12. The Bertz CT molecular complexity index is 317. The van der Waals surface area contributed by atoms with Crippen LogP contribution in [0.1, 0.15) is 65.3 Å². The summed E-state index contributed by atoms with van der Waals surface area (Å²) in [5.41, 5.74) is 0. The zero-order valence-electron chi connectivity index (χ0n) is 13.4. The highest BCUT2D eigenvalue weighted by molar-refractivity contribution is 7.10. The van der Waals surface area contributed by atoms with Crippen LogP contribution >= 0.6 is 11.3 Å². The van der Waals surface area contributed by atoms with Gasteiger partial charge in [0.1, 0.15) is 0 Å². The molecule has 0 fully saturated rings. The van der Waals surface area contributed by atoms with Gasteiger partial charge in [-0.15, -0.1) is 11.3 Å².